The second-order valence-corrected chi connectivity index (χ2v) is 4.25. The van der Waals surface area contributed by atoms with Gasteiger partial charge in [0.05, 0.1) is 16.3 Å². The number of hydrogen-bond donors (Lipinski definition) is 2. The molecule has 5 nitrogen and oxygen atoms in total. The summed E-state index contributed by atoms with van der Waals surface area (Å²) in [6.45, 7) is 0. The van der Waals surface area contributed by atoms with Crippen LogP contribution in [0.25, 0.3) is 0 Å². The summed E-state index contributed by atoms with van der Waals surface area (Å²) in [6.07, 6.45) is 1.28. The van der Waals surface area contributed by atoms with Crippen LogP contribution in [0.1, 0.15) is 20.8 Å². The minimum Gasteiger partial charge on any atom is -0.478 e. The number of carbonyl (C=O) groups is 2. The Kier molecular flexibility index (Phi) is 3.95. The Morgan fingerprint density at radius 3 is 2.60 bits per heavy atom. The van der Waals surface area contributed by atoms with E-state index >= 15 is 0 Å². The van der Waals surface area contributed by atoms with Gasteiger partial charge in [0.1, 0.15) is 11.5 Å². The molecule has 0 radical (unpaired) electrons. The first-order valence-corrected chi connectivity index (χ1v) is 5.81. The highest BCUT2D eigenvalue weighted by Crippen LogP contribution is 2.18. The van der Waals surface area contributed by atoms with Crippen LogP contribution in [0.5, 0.6) is 0 Å². The summed E-state index contributed by atoms with van der Waals surface area (Å²) in [5, 5.41) is 11.6. The maximum atomic E-state index is 13.1. The molecule has 7 heteroatoms. The summed E-state index contributed by atoms with van der Waals surface area (Å²) in [5.74, 6) is -2.59. The molecule has 0 unspecified atom stereocenters. The van der Waals surface area contributed by atoms with Crippen LogP contribution in [-0.4, -0.2) is 22.0 Å². The van der Waals surface area contributed by atoms with E-state index in [0.29, 0.717) is 5.02 Å². The molecule has 1 amide bonds. The quantitative estimate of drug-likeness (QED) is 0.912. The first kappa shape index (κ1) is 14.0. The predicted molar refractivity (Wildman–Crippen MR) is 70.6 cm³/mol. The highest BCUT2D eigenvalue weighted by molar-refractivity contribution is 6.30. The van der Waals surface area contributed by atoms with Gasteiger partial charge in [0.15, 0.2) is 0 Å². The van der Waals surface area contributed by atoms with E-state index in [0.717, 1.165) is 18.2 Å². The van der Waals surface area contributed by atoms with E-state index in [-0.39, 0.29) is 16.9 Å². The minimum atomic E-state index is -1.27. The highest BCUT2D eigenvalue weighted by atomic mass is 35.5. The van der Waals surface area contributed by atoms with Gasteiger partial charge in [-0.3, -0.25) is 4.79 Å². The van der Waals surface area contributed by atoms with Crippen molar-refractivity contribution in [3.8, 4) is 0 Å². The zero-order valence-corrected chi connectivity index (χ0v) is 10.7. The Balaban J connectivity index is 2.29. The van der Waals surface area contributed by atoms with Crippen LogP contribution >= 0.6 is 11.6 Å². The molecule has 2 aromatic rings. The summed E-state index contributed by atoms with van der Waals surface area (Å²) in [7, 11) is 0. The van der Waals surface area contributed by atoms with Gasteiger partial charge in [-0.05, 0) is 30.3 Å². The molecule has 2 N–H and O–H groups in total. The van der Waals surface area contributed by atoms with Crippen molar-refractivity contribution in [2.24, 2.45) is 0 Å². The normalized spacial score (nSPS) is 10.1. The number of aromatic carboxylic acids is 1. The molecule has 0 saturated heterocycles. The van der Waals surface area contributed by atoms with Crippen LogP contribution in [0.3, 0.4) is 0 Å². The first-order chi connectivity index (χ1) is 9.47. The van der Waals surface area contributed by atoms with Crippen molar-refractivity contribution >= 4 is 29.2 Å². The number of carboxylic acid groups (broad SMARTS) is 1. The number of halogens is 2. The number of nitrogens with zero attached hydrogens (tertiary/aromatic N) is 1. The van der Waals surface area contributed by atoms with Gasteiger partial charge in [0.2, 0.25) is 0 Å². The number of carbonyl (C=O) groups excluding carboxylic acids is 1. The number of nitrogens with one attached hydrogen (secondary N) is 1. The van der Waals surface area contributed by atoms with E-state index in [4.69, 9.17) is 16.7 Å². The lowest BCUT2D eigenvalue weighted by Crippen LogP contribution is -2.16. The average molecular weight is 295 g/mol. The highest BCUT2D eigenvalue weighted by Gasteiger charge is 2.15. The van der Waals surface area contributed by atoms with Gasteiger partial charge in [-0.2, -0.15) is 0 Å². The number of aromatic nitrogens is 1. The van der Waals surface area contributed by atoms with E-state index in [2.05, 4.69) is 10.3 Å². The minimum absolute atomic E-state index is 0.0370. The molecular weight excluding hydrogens is 287 g/mol. The molecule has 1 heterocycles. The Labute approximate surface area is 118 Å². The molecule has 0 aliphatic rings. The van der Waals surface area contributed by atoms with Gasteiger partial charge in [-0.15, -0.1) is 0 Å². The van der Waals surface area contributed by atoms with Crippen molar-refractivity contribution in [1.29, 1.82) is 0 Å². The van der Waals surface area contributed by atoms with Crippen LogP contribution in [0.15, 0.2) is 36.5 Å². The lowest BCUT2D eigenvalue weighted by atomic mass is 10.1. The van der Waals surface area contributed by atoms with Crippen molar-refractivity contribution in [3.63, 3.8) is 0 Å². The first-order valence-electron chi connectivity index (χ1n) is 5.43. The average Bonchev–Trinajstić information content (AvgIpc) is 2.39. The maximum Gasteiger partial charge on any atom is 0.337 e. The van der Waals surface area contributed by atoms with Crippen molar-refractivity contribution in [2.45, 2.75) is 0 Å². The summed E-state index contributed by atoms with van der Waals surface area (Å²) >= 11 is 5.64. The standard InChI is InChI=1S/C13H8ClFN2O3/c14-7-1-4-10(16-6-7)12(18)17-11-5-8(15)2-3-9(11)13(19)20/h1-6H,(H,17,18)(H,19,20). The molecule has 0 saturated carbocycles. The summed E-state index contributed by atoms with van der Waals surface area (Å²) < 4.78 is 13.1. The number of carboxylic acids is 1. The van der Waals surface area contributed by atoms with Crippen molar-refractivity contribution in [3.05, 3.63) is 58.6 Å². The molecule has 1 aromatic carbocycles. The van der Waals surface area contributed by atoms with Crippen LogP contribution in [0.4, 0.5) is 10.1 Å². The number of benzene rings is 1. The van der Waals surface area contributed by atoms with Gasteiger partial charge in [0.25, 0.3) is 5.91 Å². The lowest BCUT2D eigenvalue weighted by Gasteiger charge is -2.08. The maximum absolute atomic E-state index is 13.1. The third-order valence-electron chi connectivity index (χ3n) is 2.42. The van der Waals surface area contributed by atoms with E-state index < -0.39 is 17.7 Å². The molecule has 102 valence electrons. The fourth-order valence-electron chi connectivity index (χ4n) is 1.50. The Morgan fingerprint density at radius 2 is 2.00 bits per heavy atom. The summed E-state index contributed by atoms with van der Waals surface area (Å²) in [6, 6.07) is 5.84. The van der Waals surface area contributed by atoms with Crippen molar-refractivity contribution in [1.82, 2.24) is 4.98 Å². The Morgan fingerprint density at radius 1 is 1.25 bits per heavy atom. The number of hydrogen-bond acceptors (Lipinski definition) is 3. The molecule has 0 aliphatic heterocycles. The molecule has 2 rings (SSSR count). The second kappa shape index (κ2) is 5.66. The van der Waals surface area contributed by atoms with Crippen LogP contribution in [0.2, 0.25) is 5.02 Å². The fourth-order valence-corrected chi connectivity index (χ4v) is 1.61. The van der Waals surface area contributed by atoms with E-state index in [1.165, 1.54) is 18.3 Å². The van der Waals surface area contributed by atoms with Gasteiger partial charge in [-0.1, -0.05) is 11.6 Å². The molecular formula is C13H8ClFN2O3. The summed E-state index contributed by atoms with van der Waals surface area (Å²) in [4.78, 5) is 26.7. The van der Waals surface area contributed by atoms with Crippen LogP contribution < -0.4 is 5.32 Å². The third kappa shape index (κ3) is 3.10. The number of pyridine rings is 1. The Hall–Kier alpha value is -2.47. The molecule has 0 atom stereocenters. The molecule has 1 aromatic heterocycles. The molecule has 0 bridgehead atoms. The monoisotopic (exact) mass is 294 g/mol. The number of rotatable bonds is 3. The summed E-state index contributed by atoms with van der Waals surface area (Å²) in [5.41, 5.74) is -0.317. The third-order valence-corrected chi connectivity index (χ3v) is 2.64. The van der Waals surface area contributed by atoms with E-state index in [1.54, 1.807) is 0 Å². The molecule has 20 heavy (non-hydrogen) atoms. The molecule has 0 spiro atoms. The topological polar surface area (TPSA) is 79.3 Å². The fraction of sp³-hybridized carbons (Fsp3) is 0. The van der Waals surface area contributed by atoms with Crippen molar-refractivity contribution in [2.75, 3.05) is 5.32 Å². The van der Waals surface area contributed by atoms with Gasteiger partial charge < -0.3 is 10.4 Å². The smallest absolute Gasteiger partial charge is 0.337 e. The zero-order chi connectivity index (χ0) is 14.7. The largest absolute Gasteiger partial charge is 0.478 e. The molecule has 0 fully saturated rings. The molecule has 0 aliphatic carbocycles. The zero-order valence-electron chi connectivity index (χ0n) is 9.93. The van der Waals surface area contributed by atoms with E-state index in [9.17, 15) is 14.0 Å². The lowest BCUT2D eigenvalue weighted by molar-refractivity contribution is 0.0698. The van der Waals surface area contributed by atoms with E-state index in [1.807, 2.05) is 0 Å². The van der Waals surface area contributed by atoms with Crippen LogP contribution in [0, 0.1) is 5.82 Å². The van der Waals surface area contributed by atoms with Gasteiger partial charge in [0, 0.05) is 6.20 Å². The van der Waals surface area contributed by atoms with Crippen molar-refractivity contribution < 1.29 is 19.1 Å². The second-order valence-electron chi connectivity index (χ2n) is 3.81. The van der Waals surface area contributed by atoms with Gasteiger partial charge in [-0.25, -0.2) is 14.2 Å². The predicted octanol–water partition coefficient (Wildman–Crippen LogP) is 2.82. The number of anilines is 1. The Bertz CT molecular complexity index is 674. The SMILES string of the molecule is O=C(Nc1cc(F)ccc1C(=O)O)c1ccc(Cl)cn1. The van der Waals surface area contributed by atoms with Gasteiger partial charge >= 0.3 is 5.97 Å². The number of amides is 1. The van der Waals surface area contributed by atoms with Crippen LogP contribution in [-0.2, 0) is 0 Å².